The van der Waals surface area contributed by atoms with Gasteiger partial charge >= 0.3 is 6.18 Å². The second-order valence-electron chi connectivity index (χ2n) is 4.88. The number of hydrogen-bond acceptors (Lipinski definition) is 4. The monoisotopic (exact) mass is 342 g/mol. The molecule has 1 aromatic heterocycles. The van der Waals surface area contributed by atoms with Crippen LogP contribution >= 0.6 is 0 Å². The van der Waals surface area contributed by atoms with Gasteiger partial charge in [0.25, 0.3) is 0 Å². The summed E-state index contributed by atoms with van der Waals surface area (Å²) in [5, 5.41) is 13.1. The van der Waals surface area contributed by atoms with Crippen LogP contribution in [0.25, 0.3) is 0 Å². The molecular weight excluding hydrogens is 325 g/mol. The van der Waals surface area contributed by atoms with Gasteiger partial charge in [-0.25, -0.2) is 0 Å². The first-order chi connectivity index (χ1) is 11.4. The van der Waals surface area contributed by atoms with Crippen LogP contribution in [0.1, 0.15) is 18.1 Å². The van der Waals surface area contributed by atoms with Crippen LogP contribution in [0.15, 0.2) is 48.7 Å². The summed E-state index contributed by atoms with van der Waals surface area (Å²) in [6.45, 7) is 1.75. The number of aromatic nitrogens is 2. The van der Waals surface area contributed by atoms with Crippen LogP contribution in [0.2, 0.25) is 0 Å². The summed E-state index contributed by atoms with van der Waals surface area (Å²) in [5.74, 6) is -0.918. The second-order valence-corrected chi connectivity index (χ2v) is 4.88. The number of aliphatic hydroxyl groups is 1. The number of nitrogens with zero attached hydrogens (tertiary/aromatic N) is 2. The van der Waals surface area contributed by atoms with Crippen LogP contribution in [0.4, 0.5) is 13.2 Å². The predicted octanol–water partition coefficient (Wildman–Crippen LogP) is 3.24. The lowest BCUT2D eigenvalue weighted by Gasteiger charge is -2.12. The van der Waals surface area contributed by atoms with Gasteiger partial charge in [-0.3, -0.25) is 4.68 Å². The molecule has 8 heteroatoms. The van der Waals surface area contributed by atoms with Gasteiger partial charge in [-0.1, -0.05) is 12.1 Å². The number of hydrogen-bond donors (Lipinski definition) is 1. The van der Waals surface area contributed by atoms with E-state index in [0.717, 1.165) is 5.56 Å². The quantitative estimate of drug-likeness (QED) is 0.785. The van der Waals surface area contributed by atoms with E-state index in [1.165, 1.54) is 6.92 Å². The maximum absolute atomic E-state index is 12.6. The van der Waals surface area contributed by atoms with E-state index >= 15 is 0 Å². The molecule has 2 aromatic rings. The van der Waals surface area contributed by atoms with E-state index in [1.807, 2.05) is 0 Å². The molecule has 0 spiro atoms. The number of ether oxygens (including phenoxy) is 2. The van der Waals surface area contributed by atoms with Crippen LogP contribution in [0.5, 0.6) is 5.75 Å². The van der Waals surface area contributed by atoms with E-state index < -0.39 is 11.9 Å². The minimum absolute atomic E-state index is 0.0829. The highest BCUT2D eigenvalue weighted by Gasteiger charge is 2.36. The fraction of sp³-hybridized carbons (Fsp3) is 0.312. The van der Waals surface area contributed by atoms with Gasteiger partial charge in [0, 0.05) is 11.8 Å². The molecule has 0 aliphatic carbocycles. The van der Waals surface area contributed by atoms with E-state index in [0.29, 0.717) is 18.4 Å². The van der Waals surface area contributed by atoms with Crippen molar-refractivity contribution in [1.29, 1.82) is 0 Å². The van der Waals surface area contributed by atoms with Gasteiger partial charge in [0.15, 0.2) is 0 Å². The average Bonchev–Trinajstić information content (AvgIpc) is 2.99. The van der Waals surface area contributed by atoms with Crippen molar-refractivity contribution < 1.29 is 27.8 Å². The van der Waals surface area contributed by atoms with E-state index in [4.69, 9.17) is 9.84 Å². The van der Waals surface area contributed by atoms with Crippen molar-refractivity contribution in [3.8, 4) is 5.75 Å². The summed E-state index contributed by atoms with van der Waals surface area (Å²) in [7, 11) is 0. The van der Waals surface area contributed by atoms with Crippen molar-refractivity contribution in [2.24, 2.45) is 0 Å². The zero-order valence-corrected chi connectivity index (χ0v) is 13.0. The predicted molar refractivity (Wildman–Crippen MR) is 80.1 cm³/mol. The molecule has 0 amide bonds. The van der Waals surface area contributed by atoms with Crippen molar-refractivity contribution in [1.82, 2.24) is 9.78 Å². The fourth-order valence-electron chi connectivity index (χ4n) is 1.89. The molecule has 0 radical (unpaired) electrons. The number of rotatable bonds is 7. The molecule has 0 unspecified atom stereocenters. The highest BCUT2D eigenvalue weighted by Crippen LogP contribution is 2.27. The summed E-state index contributed by atoms with van der Waals surface area (Å²) >= 11 is 0. The topological polar surface area (TPSA) is 56.5 Å². The van der Waals surface area contributed by atoms with Gasteiger partial charge < -0.3 is 14.6 Å². The Labute approximate surface area is 136 Å². The summed E-state index contributed by atoms with van der Waals surface area (Å²) in [4.78, 5) is 0. The Kier molecular flexibility index (Phi) is 5.86. The Morgan fingerprint density at radius 2 is 1.96 bits per heavy atom. The maximum atomic E-state index is 12.6. The zero-order valence-electron chi connectivity index (χ0n) is 13.0. The molecule has 130 valence electrons. The molecule has 5 nitrogen and oxygen atoms in total. The number of benzene rings is 1. The minimum atomic E-state index is -4.60. The number of halogens is 3. The third-order valence-electron chi connectivity index (χ3n) is 3.02. The van der Waals surface area contributed by atoms with E-state index in [1.54, 1.807) is 41.3 Å². The molecule has 0 fully saturated rings. The van der Waals surface area contributed by atoms with Crippen LogP contribution in [0.3, 0.4) is 0 Å². The highest BCUT2D eigenvalue weighted by molar-refractivity contribution is 5.28. The smallest absolute Gasteiger partial charge is 0.452 e. The molecule has 0 aliphatic heterocycles. The largest absolute Gasteiger partial charge is 0.487 e. The molecular formula is C16H17F3N2O3. The molecule has 1 heterocycles. The van der Waals surface area contributed by atoms with Crippen molar-refractivity contribution in [2.75, 3.05) is 6.61 Å². The van der Waals surface area contributed by atoms with Crippen LogP contribution in [-0.4, -0.2) is 27.7 Å². The molecule has 0 saturated carbocycles. The summed E-state index contributed by atoms with van der Waals surface area (Å²) in [6.07, 6.45) is -0.764. The standard InChI is InChI=1S/C16H17F3N2O3/c1-2-23-15(16(17,18)19)11-24-14-5-3-12(4-6-14)8-21-9-13(10-22)7-20-21/h3-7,9,11,22H,2,8,10H2,1H3/b15-11-. The lowest BCUT2D eigenvalue weighted by molar-refractivity contribution is -0.132. The van der Waals surface area contributed by atoms with Crippen molar-refractivity contribution in [2.45, 2.75) is 26.3 Å². The lowest BCUT2D eigenvalue weighted by Crippen LogP contribution is -2.15. The maximum Gasteiger partial charge on any atom is 0.452 e. The molecule has 24 heavy (non-hydrogen) atoms. The minimum Gasteiger partial charge on any atom is -0.487 e. The van der Waals surface area contributed by atoms with Gasteiger partial charge in [-0.2, -0.15) is 18.3 Å². The SMILES string of the molecule is CCO/C(=C\Oc1ccc(Cn2cc(CO)cn2)cc1)C(F)(F)F. The second kappa shape index (κ2) is 7.87. The Morgan fingerprint density at radius 3 is 2.50 bits per heavy atom. The first-order valence-electron chi connectivity index (χ1n) is 7.20. The van der Waals surface area contributed by atoms with Crippen LogP contribution in [0, 0.1) is 0 Å². The number of aliphatic hydroxyl groups excluding tert-OH is 1. The van der Waals surface area contributed by atoms with Gasteiger partial charge in [0.05, 0.1) is 26.0 Å². The zero-order chi connectivity index (χ0) is 17.6. The first kappa shape index (κ1) is 17.9. The normalized spacial score (nSPS) is 12.3. The van der Waals surface area contributed by atoms with Gasteiger partial charge in [0.1, 0.15) is 12.0 Å². The molecule has 0 bridgehead atoms. The number of allylic oxidation sites excluding steroid dienone is 1. The Morgan fingerprint density at radius 1 is 1.25 bits per heavy atom. The Bertz CT molecular complexity index is 679. The van der Waals surface area contributed by atoms with Crippen LogP contribution < -0.4 is 4.74 Å². The molecule has 1 aromatic carbocycles. The Hall–Kier alpha value is -2.48. The van der Waals surface area contributed by atoms with Gasteiger partial charge in [-0.15, -0.1) is 0 Å². The molecule has 0 atom stereocenters. The number of alkyl halides is 3. The van der Waals surface area contributed by atoms with Crippen molar-refractivity contribution in [3.63, 3.8) is 0 Å². The van der Waals surface area contributed by atoms with Crippen molar-refractivity contribution >= 4 is 0 Å². The third kappa shape index (κ3) is 5.02. The average molecular weight is 342 g/mol. The van der Waals surface area contributed by atoms with Gasteiger partial charge in [0.2, 0.25) is 5.76 Å². The van der Waals surface area contributed by atoms with Crippen LogP contribution in [-0.2, 0) is 17.9 Å². The molecule has 0 aliphatic rings. The highest BCUT2D eigenvalue weighted by atomic mass is 19.4. The van der Waals surface area contributed by atoms with E-state index in [2.05, 4.69) is 9.84 Å². The summed E-state index contributed by atoms with van der Waals surface area (Å²) in [5.41, 5.74) is 1.59. The molecule has 1 N–H and O–H groups in total. The third-order valence-corrected chi connectivity index (χ3v) is 3.02. The summed E-state index contributed by atoms with van der Waals surface area (Å²) in [6, 6.07) is 6.55. The summed E-state index contributed by atoms with van der Waals surface area (Å²) < 4.78 is 49.1. The fourth-order valence-corrected chi connectivity index (χ4v) is 1.89. The Balaban J connectivity index is 2.00. The van der Waals surface area contributed by atoms with Crippen molar-refractivity contribution in [3.05, 3.63) is 59.8 Å². The van der Waals surface area contributed by atoms with Gasteiger partial charge in [-0.05, 0) is 24.6 Å². The van der Waals surface area contributed by atoms with E-state index in [-0.39, 0.29) is 19.0 Å². The first-order valence-corrected chi connectivity index (χ1v) is 7.20. The van der Waals surface area contributed by atoms with E-state index in [9.17, 15) is 13.2 Å². The molecule has 2 rings (SSSR count). The molecule has 0 saturated heterocycles. The lowest BCUT2D eigenvalue weighted by atomic mass is 10.2.